The van der Waals surface area contributed by atoms with E-state index in [1.54, 1.807) is 37.3 Å². The van der Waals surface area contributed by atoms with Gasteiger partial charge in [-0.1, -0.05) is 35.3 Å². The number of aromatic nitrogens is 3. The van der Waals surface area contributed by atoms with Crippen molar-refractivity contribution in [2.75, 3.05) is 6.61 Å². The van der Waals surface area contributed by atoms with Crippen LogP contribution in [-0.4, -0.2) is 28.0 Å². The predicted molar refractivity (Wildman–Crippen MR) is 98.6 cm³/mol. The number of rotatable bonds is 6. The van der Waals surface area contributed by atoms with Crippen molar-refractivity contribution in [3.05, 3.63) is 63.8 Å². The number of benzene rings is 2. The summed E-state index contributed by atoms with van der Waals surface area (Å²) in [4.78, 5) is 11.9. The van der Waals surface area contributed by atoms with Crippen LogP contribution in [0.15, 0.2) is 42.5 Å². The van der Waals surface area contributed by atoms with Crippen LogP contribution in [0.3, 0.4) is 0 Å². The predicted octanol–water partition coefficient (Wildman–Crippen LogP) is 4.53. The maximum atomic E-state index is 11.9. The van der Waals surface area contributed by atoms with Gasteiger partial charge in [-0.05, 0) is 42.8 Å². The summed E-state index contributed by atoms with van der Waals surface area (Å²) in [5.74, 6) is -0.0259. The van der Waals surface area contributed by atoms with Gasteiger partial charge in [-0.25, -0.2) is 4.79 Å². The Bertz CT molecular complexity index is 910. The molecule has 0 fully saturated rings. The second-order valence-corrected chi connectivity index (χ2v) is 6.15. The molecule has 0 atom stereocenters. The molecule has 2 aromatic carbocycles. The van der Waals surface area contributed by atoms with Crippen LogP contribution in [0.5, 0.6) is 5.75 Å². The fourth-order valence-corrected chi connectivity index (χ4v) is 2.64. The average molecular weight is 392 g/mol. The Morgan fingerprint density at radius 1 is 1.12 bits per heavy atom. The van der Waals surface area contributed by atoms with E-state index in [2.05, 4.69) is 15.4 Å². The molecule has 1 heterocycles. The molecule has 0 saturated heterocycles. The van der Waals surface area contributed by atoms with E-state index in [0.29, 0.717) is 33.7 Å². The largest absolute Gasteiger partial charge is 0.487 e. The molecular formula is C18H15Cl2N3O3. The molecule has 3 rings (SSSR count). The Labute approximate surface area is 160 Å². The highest BCUT2D eigenvalue weighted by molar-refractivity contribution is 6.32. The van der Waals surface area contributed by atoms with Gasteiger partial charge in [0, 0.05) is 10.6 Å². The van der Waals surface area contributed by atoms with Crippen LogP contribution in [0.1, 0.15) is 23.0 Å². The topological polar surface area (TPSA) is 77.1 Å². The van der Waals surface area contributed by atoms with Crippen LogP contribution in [0, 0.1) is 0 Å². The molecule has 0 unspecified atom stereocenters. The molecule has 8 heteroatoms. The van der Waals surface area contributed by atoms with Gasteiger partial charge in [-0.2, -0.15) is 10.3 Å². The monoisotopic (exact) mass is 391 g/mol. The Kier molecular flexibility index (Phi) is 5.75. The second-order valence-electron chi connectivity index (χ2n) is 5.30. The standard InChI is InChI=1S/C18H15Cl2N3O3/c1-2-25-18(24)17-16(21-23-22-17)12-5-8-15(14(20)9-12)26-10-11-3-6-13(19)7-4-11/h3-9H,2,10H2,1H3,(H,21,22,23). The first-order valence-electron chi connectivity index (χ1n) is 7.83. The smallest absolute Gasteiger partial charge is 0.361 e. The Morgan fingerprint density at radius 3 is 2.58 bits per heavy atom. The van der Waals surface area contributed by atoms with E-state index in [-0.39, 0.29) is 12.3 Å². The third-order valence-corrected chi connectivity index (χ3v) is 4.08. The van der Waals surface area contributed by atoms with Crippen molar-refractivity contribution in [3.8, 4) is 17.0 Å². The van der Waals surface area contributed by atoms with Crippen molar-refractivity contribution in [3.63, 3.8) is 0 Å². The zero-order chi connectivity index (χ0) is 18.5. The number of aromatic amines is 1. The zero-order valence-electron chi connectivity index (χ0n) is 13.8. The number of halogens is 2. The van der Waals surface area contributed by atoms with Crippen LogP contribution in [0.2, 0.25) is 10.0 Å². The van der Waals surface area contributed by atoms with Gasteiger partial charge in [0.15, 0.2) is 5.69 Å². The van der Waals surface area contributed by atoms with Crippen molar-refractivity contribution >= 4 is 29.2 Å². The van der Waals surface area contributed by atoms with Crippen LogP contribution >= 0.6 is 23.2 Å². The number of carbonyl (C=O) groups is 1. The summed E-state index contributed by atoms with van der Waals surface area (Å²) in [6, 6.07) is 12.5. The van der Waals surface area contributed by atoms with E-state index in [1.807, 2.05) is 12.1 Å². The van der Waals surface area contributed by atoms with Gasteiger partial charge in [0.2, 0.25) is 0 Å². The second kappa shape index (κ2) is 8.21. The first-order chi connectivity index (χ1) is 12.6. The number of carbonyl (C=O) groups excluding carboxylic acids is 1. The van der Waals surface area contributed by atoms with Gasteiger partial charge in [0.25, 0.3) is 0 Å². The van der Waals surface area contributed by atoms with Crippen molar-refractivity contribution < 1.29 is 14.3 Å². The number of nitrogens with zero attached hydrogens (tertiary/aromatic N) is 2. The molecule has 0 aliphatic heterocycles. The van der Waals surface area contributed by atoms with Gasteiger partial charge >= 0.3 is 5.97 Å². The van der Waals surface area contributed by atoms with Crippen molar-refractivity contribution in [1.82, 2.24) is 15.4 Å². The van der Waals surface area contributed by atoms with E-state index < -0.39 is 5.97 Å². The summed E-state index contributed by atoms with van der Waals surface area (Å²) >= 11 is 12.2. The van der Waals surface area contributed by atoms with Crippen LogP contribution < -0.4 is 4.74 Å². The van der Waals surface area contributed by atoms with E-state index in [4.69, 9.17) is 32.7 Å². The van der Waals surface area contributed by atoms with Gasteiger partial charge in [-0.15, -0.1) is 5.10 Å². The maximum Gasteiger partial charge on any atom is 0.361 e. The highest BCUT2D eigenvalue weighted by Gasteiger charge is 2.19. The lowest BCUT2D eigenvalue weighted by molar-refractivity contribution is 0.0520. The first kappa shape index (κ1) is 18.2. The van der Waals surface area contributed by atoms with E-state index in [1.165, 1.54) is 0 Å². The molecule has 1 aromatic heterocycles. The van der Waals surface area contributed by atoms with Crippen LogP contribution in [-0.2, 0) is 11.3 Å². The van der Waals surface area contributed by atoms with Crippen LogP contribution in [0.25, 0.3) is 11.3 Å². The molecule has 134 valence electrons. The lowest BCUT2D eigenvalue weighted by atomic mass is 10.1. The van der Waals surface area contributed by atoms with Gasteiger partial charge < -0.3 is 9.47 Å². The molecule has 0 aliphatic carbocycles. The summed E-state index contributed by atoms with van der Waals surface area (Å²) in [5.41, 5.74) is 2.08. The van der Waals surface area contributed by atoms with Crippen molar-refractivity contribution in [2.45, 2.75) is 13.5 Å². The highest BCUT2D eigenvalue weighted by Crippen LogP contribution is 2.31. The quantitative estimate of drug-likeness (QED) is 0.624. The van der Waals surface area contributed by atoms with Gasteiger partial charge in [0.05, 0.1) is 11.6 Å². The number of H-pyrrole nitrogens is 1. The number of nitrogens with one attached hydrogen (secondary N) is 1. The summed E-state index contributed by atoms with van der Waals surface area (Å²) in [6.45, 7) is 2.33. The number of hydrogen-bond donors (Lipinski definition) is 1. The summed E-state index contributed by atoms with van der Waals surface area (Å²) in [5, 5.41) is 11.4. The molecule has 0 aliphatic rings. The van der Waals surface area contributed by atoms with Gasteiger partial charge in [0.1, 0.15) is 18.1 Å². The minimum absolute atomic E-state index is 0.109. The third-order valence-electron chi connectivity index (χ3n) is 3.53. The number of esters is 1. The molecule has 26 heavy (non-hydrogen) atoms. The summed E-state index contributed by atoms with van der Waals surface area (Å²) < 4.78 is 10.7. The fourth-order valence-electron chi connectivity index (χ4n) is 2.28. The van der Waals surface area contributed by atoms with E-state index in [0.717, 1.165) is 5.56 Å². The normalized spacial score (nSPS) is 10.6. The number of ether oxygens (including phenoxy) is 2. The lowest BCUT2D eigenvalue weighted by Crippen LogP contribution is -2.06. The van der Waals surface area contributed by atoms with Gasteiger partial charge in [-0.3, -0.25) is 0 Å². The average Bonchev–Trinajstić information content (AvgIpc) is 3.12. The van der Waals surface area contributed by atoms with Crippen LogP contribution in [0.4, 0.5) is 0 Å². The number of hydrogen-bond acceptors (Lipinski definition) is 5. The highest BCUT2D eigenvalue weighted by atomic mass is 35.5. The molecule has 6 nitrogen and oxygen atoms in total. The van der Waals surface area contributed by atoms with E-state index in [9.17, 15) is 4.79 Å². The Balaban J connectivity index is 1.77. The molecule has 0 saturated carbocycles. The summed E-state index contributed by atoms with van der Waals surface area (Å²) in [6.07, 6.45) is 0. The Hall–Kier alpha value is -2.57. The SMILES string of the molecule is CCOC(=O)c1n[nH]nc1-c1ccc(OCc2ccc(Cl)cc2)c(Cl)c1. The molecule has 0 spiro atoms. The maximum absolute atomic E-state index is 11.9. The molecule has 3 aromatic rings. The first-order valence-corrected chi connectivity index (χ1v) is 8.59. The Morgan fingerprint density at radius 2 is 1.88 bits per heavy atom. The minimum Gasteiger partial charge on any atom is -0.487 e. The summed E-state index contributed by atoms with van der Waals surface area (Å²) in [7, 11) is 0. The van der Waals surface area contributed by atoms with E-state index >= 15 is 0 Å². The zero-order valence-corrected chi connectivity index (χ0v) is 15.3. The molecule has 1 N–H and O–H groups in total. The van der Waals surface area contributed by atoms with Crippen molar-refractivity contribution in [1.29, 1.82) is 0 Å². The minimum atomic E-state index is -0.546. The molecular weight excluding hydrogens is 377 g/mol. The van der Waals surface area contributed by atoms with Crippen molar-refractivity contribution in [2.24, 2.45) is 0 Å². The molecule has 0 amide bonds. The third kappa shape index (κ3) is 4.15. The fraction of sp³-hybridized carbons (Fsp3) is 0.167. The molecule has 0 radical (unpaired) electrons. The lowest BCUT2D eigenvalue weighted by Gasteiger charge is -2.09. The molecule has 0 bridgehead atoms.